The molecule has 0 saturated carbocycles. The molecule has 0 fully saturated rings. The third kappa shape index (κ3) is 7.34. The van der Waals surface area contributed by atoms with Crippen LogP contribution in [-0.2, 0) is 24.0 Å². The first-order valence-corrected chi connectivity index (χ1v) is 14.6. The molecular formula is C21H33N3O7SSi. The number of sulfonamides is 1. The molecule has 0 unspecified atom stereocenters. The number of para-hydroxylation sites is 1. The highest BCUT2D eigenvalue weighted by molar-refractivity contribution is 7.89. The quantitative estimate of drug-likeness (QED) is 0.156. The smallest absolute Gasteiger partial charge is 0.319 e. The summed E-state index contributed by atoms with van der Waals surface area (Å²) in [5.41, 5.74) is -1.95. The number of hydrogen-bond donors (Lipinski definition) is 2. The van der Waals surface area contributed by atoms with E-state index in [1.807, 2.05) is 33.9 Å². The van der Waals surface area contributed by atoms with Gasteiger partial charge in [0.2, 0.25) is 10.0 Å². The zero-order chi connectivity index (χ0) is 25.7. The minimum atomic E-state index is -4.38. The number of esters is 1. The number of hydrogen-bond acceptors (Lipinski definition) is 8. The molecule has 184 valence electrons. The van der Waals surface area contributed by atoms with Gasteiger partial charge in [-0.1, -0.05) is 38.8 Å². The van der Waals surface area contributed by atoms with E-state index >= 15 is 0 Å². The second-order valence-electron chi connectivity index (χ2n) is 9.25. The number of rotatable bonds is 11. The average molecular weight is 500 g/mol. The minimum Gasteiger partial charge on any atom is -0.468 e. The molecule has 0 aliphatic heterocycles. The maximum atomic E-state index is 13.2. The molecule has 1 aromatic carbocycles. The van der Waals surface area contributed by atoms with Gasteiger partial charge in [-0.3, -0.25) is 20.2 Å². The zero-order valence-corrected chi connectivity index (χ0v) is 21.9. The third-order valence-corrected chi connectivity index (χ3v) is 11.9. The molecule has 10 nitrogen and oxygen atoms in total. The van der Waals surface area contributed by atoms with E-state index < -0.39 is 51.4 Å². The zero-order valence-electron chi connectivity index (χ0n) is 20.1. The molecule has 0 spiro atoms. The van der Waals surface area contributed by atoms with Gasteiger partial charge in [0.05, 0.1) is 36.8 Å². The summed E-state index contributed by atoms with van der Waals surface area (Å²) in [5.74, 6) is 1.90. The number of nitrogens with zero attached hydrogens (tertiary/aromatic N) is 1. The van der Waals surface area contributed by atoms with Crippen LogP contribution in [0.5, 0.6) is 0 Å². The van der Waals surface area contributed by atoms with E-state index in [9.17, 15) is 23.3 Å². The van der Waals surface area contributed by atoms with Gasteiger partial charge in [-0.05, 0) is 31.1 Å². The van der Waals surface area contributed by atoms with Gasteiger partial charge < -0.3 is 9.16 Å². The molecule has 0 bridgehead atoms. The number of methoxy groups -OCH3 is 1. The Morgan fingerprint density at radius 2 is 1.85 bits per heavy atom. The van der Waals surface area contributed by atoms with Crippen molar-refractivity contribution in [3.05, 3.63) is 34.4 Å². The van der Waals surface area contributed by atoms with Gasteiger partial charge in [-0.25, -0.2) is 13.1 Å². The maximum Gasteiger partial charge on any atom is 0.319 e. The number of carbonyl (C=O) groups is 1. The Kier molecular flexibility index (Phi) is 9.36. The fourth-order valence-electron chi connectivity index (χ4n) is 2.52. The Hall–Kier alpha value is -2.30. The van der Waals surface area contributed by atoms with Crippen molar-refractivity contribution in [2.24, 2.45) is 0 Å². The van der Waals surface area contributed by atoms with E-state index in [1.54, 1.807) is 0 Å². The number of nitro groups is 1. The van der Waals surface area contributed by atoms with Crippen LogP contribution in [0, 0.1) is 22.5 Å². The fourth-order valence-corrected chi connectivity index (χ4v) is 5.01. The van der Waals surface area contributed by atoms with Gasteiger partial charge in [0.15, 0.2) is 13.2 Å². The summed E-state index contributed by atoms with van der Waals surface area (Å²) in [6.07, 6.45) is 5.74. The molecule has 0 aliphatic carbocycles. The fraction of sp³-hybridized carbons (Fsp3) is 0.571. The van der Waals surface area contributed by atoms with Gasteiger partial charge in [-0.15, -0.1) is 6.42 Å². The molecule has 2 atom stereocenters. The van der Waals surface area contributed by atoms with Crippen molar-refractivity contribution in [1.82, 2.24) is 10.0 Å². The maximum absolute atomic E-state index is 13.2. The molecule has 2 N–H and O–H groups in total. The van der Waals surface area contributed by atoms with Gasteiger partial charge in [-0.2, -0.15) is 0 Å². The molecule has 0 heterocycles. The number of nitro benzene ring substituents is 1. The second kappa shape index (κ2) is 10.7. The Morgan fingerprint density at radius 1 is 1.27 bits per heavy atom. The van der Waals surface area contributed by atoms with Crippen LogP contribution >= 0.6 is 0 Å². The normalized spacial score (nSPS) is 15.2. The van der Waals surface area contributed by atoms with E-state index in [2.05, 4.69) is 20.7 Å². The summed E-state index contributed by atoms with van der Waals surface area (Å²) in [7, 11) is -5.49. The number of terminal acetylenes is 1. The van der Waals surface area contributed by atoms with Gasteiger partial charge >= 0.3 is 5.97 Å². The number of carbonyl (C=O) groups excluding carboxylic acids is 1. The summed E-state index contributed by atoms with van der Waals surface area (Å²) >= 11 is 0. The van der Waals surface area contributed by atoms with Gasteiger partial charge in [0, 0.05) is 6.07 Å². The molecule has 0 radical (unpaired) electrons. The molecule has 0 saturated heterocycles. The lowest BCUT2D eigenvalue weighted by Gasteiger charge is -2.40. The number of nitrogens with one attached hydrogen (secondary N) is 2. The van der Waals surface area contributed by atoms with Crippen molar-refractivity contribution in [1.29, 1.82) is 0 Å². The van der Waals surface area contributed by atoms with Crippen molar-refractivity contribution >= 4 is 30.0 Å². The first-order valence-electron chi connectivity index (χ1n) is 10.2. The molecule has 0 aliphatic rings. The topological polar surface area (TPSA) is 137 Å². The van der Waals surface area contributed by atoms with Crippen LogP contribution in [-0.4, -0.2) is 59.5 Å². The third-order valence-electron chi connectivity index (χ3n) is 5.89. The highest BCUT2D eigenvalue weighted by atomic mass is 32.2. The van der Waals surface area contributed by atoms with E-state index in [0.717, 1.165) is 12.1 Å². The van der Waals surface area contributed by atoms with Gasteiger partial charge in [0.25, 0.3) is 5.69 Å². The lowest BCUT2D eigenvalue weighted by Crippen LogP contribution is -2.62. The van der Waals surface area contributed by atoms with Crippen LogP contribution in [0.25, 0.3) is 0 Å². The van der Waals surface area contributed by atoms with Crippen molar-refractivity contribution < 1.29 is 27.3 Å². The predicted molar refractivity (Wildman–Crippen MR) is 128 cm³/mol. The van der Waals surface area contributed by atoms with Crippen LogP contribution in [0.3, 0.4) is 0 Å². The van der Waals surface area contributed by atoms with E-state index in [-0.39, 0.29) is 18.2 Å². The SMILES string of the molecule is C#C[C@@](C)(NCC(=O)OC)[C@@H](CO[Si](C)(C)C(C)(C)C)NS(=O)(=O)c1ccccc1[N+](=O)[O-]. The predicted octanol–water partition coefficient (Wildman–Crippen LogP) is 2.42. The van der Waals surface area contributed by atoms with E-state index in [4.69, 9.17) is 10.8 Å². The van der Waals surface area contributed by atoms with Crippen LogP contribution in [0.1, 0.15) is 27.7 Å². The van der Waals surface area contributed by atoms with Gasteiger partial charge in [0.1, 0.15) is 0 Å². The number of ether oxygens (including phenoxy) is 1. The molecule has 1 rings (SSSR count). The Morgan fingerprint density at radius 3 is 2.33 bits per heavy atom. The molecule has 12 heteroatoms. The van der Waals surface area contributed by atoms with Crippen LogP contribution in [0.2, 0.25) is 18.1 Å². The van der Waals surface area contributed by atoms with Crippen LogP contribution in [0.15, 0.2) is 29.2 Å². The Balaban J connectivity index is 3.42. The molecule has 1 aromatic rings. The summed E-state index contributed by atoms with van der Waals surface area (Å²) in [6, 6.07) is 3.94. The van der Waals surface area contributed by atoms with Crippen LogP contribution < -0.4 is 10.0 Å². The summed E-state index contributed by atoms with van der Waals surface area (Å²) < 4.78 is 39.7. The van der Waals surface area contributed by atoms with Crippen molar-refractivity contribution in [2.45, 2.75) is 62.3 Å². The Labute approximate surface area is 196 Å². The molecule has 0 amide bonds. The first kappa shape index (κ1) is 28.7. The summed E-state index contributed by atoms with van der Waals surface area (Å²) in [6.45, 7) is 11.2. The van der Waals surface area contributed by atoms with Crippen molar-refractivity contribution in [3.63, 3.8) is 0 Å². The van der Waals surface area contributed by atoms with Crippen molar-refractivity contribution in [3.8, 4) is 12.3 Å². The second-order valence-corrected chi connectivity index (χ2v) is 15.7. The largest absolute Gasteiger partial charge is 0.468 e. The standard InChI is InChI=1S/C21H33N3O7SSi/c1-9-21(5,22-14-19(25)30-6)18(15-31-33(7,8)20(2,3)4)23-32(28,29)17-13-11-10-12-16(17)24(26)27/h1,10-13,18,22-23H,14-15H2,2-8H3/t18-,21-/m1/s1. The molecule has 0 aromatic heterocycles. The highest BCUT2D eigenvalue weighted by Crippen LogP contribution is 2.37. The molecular weight excluding hydrogens is 466 g/mol. The Bertz CT molecular complexity index is 1020. The lowest BCUT2D eigenvalue weighted by atomic mass is 9.94. The van der Waals surface area contributed by atoms with E-state index in [0.29, 0.717) is 0 Å². The van der Waals surface area contributed by atoms with Crippen LogP contribution in [0.4, 0.5) is 5.69 Å². The minimum absolute atomic E-state index is 0.120. The number of benzene rings is 1. The average Bonchev–Trinajstić information content (AvgIpc) is 2.73. The summed E-state index contributed by atoms with van der Waals surface area (Å²) in [4.78, 5) is 21.8. The van der Waals surface area contributed by atoms with E-state index in [1.165, 1.54) is 26.2 Å². The van der Waals surface area contributed by atoms with Crippen molar-refractivity contribution in [2.75, 3.05) is 20.3 Å². The first-order chi connectivity index (χ1) is 15.0. The lowest BCUT2D eigenvalue weighted by molar-refractivity contribution is -0.387. The summed E-state index contributed by atoms with van der Waals surface area (Å²) in [5, 5.41) is 14.1. The monoisotopic (exact) mass is 499 g/mol. The highest BCUT2D eigenvalue weighted by Gasteiger charge is 2.42. The molecule has 33 heavy (non-hydrogen) atoms.